The molecule has 2 atom stereocenters. The number of methoxy groups -OCH3 is 1. The second kappa shape index (κ2) is 8.20. The first-order chi connectivity index (χ1) is 10.7. The molecule has 130 valence electrons. The third-order valence-electron chi connectivity index (χ3n) is 3.81. The van der Waals surface area contributed by atoms with E-state index in [0.29, 0.717) is 13.0 Å². The molecule has 0 spiro atoms. The molecule has 0 heterocycles. The van der Waals surface area contributed by atoms with Crippen LogP contribution in [0.3, 0.4) is 0 Å². The summed E-state index contributed by atoms with van der Waals surface area (Å²) in [4.78, 5) is 14.1. The van der Waals surface area contributed by atoms with Gasteiger partial charge in [0, 0.05) is 19.2 Å². The van der Waals surface area contributed by atoms with Crippen LogP contribution in [0.2, 0.25) is 0 Å². The summed E-state index contributed by atoms with van der Waals surface area (Å²) < 4.78 is 5.44. The molecule has 0 saturated carbocycles. The van der Waals surface area contributed by atoms with Crippen LogP contribution in [0.25, 0.3) is 0 Å². The number of hydrogen-bond acceptors (Lipinski definition) is 3. The molecule has 1 aromatic rings. The summed E-state index contributed by atoms with van der Waals surface area (Å²) in [5, 5.41) is 12.5. The highest BCUT2D eigenvalue weighted by atomic mass is 16.5. The summed E-state index contributed by atoms with van der Waals surface area (Å²) in [6.45, 7) is 8.48. The second-order valence-corrected chi connectivity index (χ2v) is 7.05. The highest BCUT2D eigenvalue weighted by Gasteiger charge is 2.30. The van der Waals surface area contributed by atoms with Gasteiger partial charge in [0.1, 0.15) is 5.75 Å². The third kappa shape index (κ3) is 5.75. The Hall–Kier alpha value is -1.75. The van der Waals surface area contributed by atoms with Gasteiger partial charge in [0.25, 0.3) is 0 Å². The Morgan fingerprint density at radius 1 is 1.35 bits per heavy atom. The van der Waals surface area contributed by atoms with Gasteiger partial charge in [0.2, 0.25) is 0 Å². The largest absolute Gasteiger partial charge is 0.496 e. The van der Waals surface area contributed by atoms with Crippen LogP contribution in [-0.4, -0.2) is 42.8 Å². The predicted octanol–water partition coefficient (Wildman–Crippen LogP) is 3.19. The number of amides is 2. The van der Waals surface area contributed by atoms with Gasteiger partial charge in [-0.2, -0.15) is 0 Å². The number of aliphatic hydroxyl groups is 1. The molecule has 0 aliphatic carbocycles. The average molecular weight is 322 g/mol. The van der Waals surface area contributed by atoms with Crippen molar-refractivity contribution in [1.82, 2.24) is 10.2 Å². The van der Waals surface area contributed by atoms with Gasteiger partial charge in [-0.1, -0.05) is 39.0 Å². The molecular weight excluding hydrogens is 292 g/mol. The maximum atomic E-state index is 12.5. The average Bonchev–Trinajstić information content (AvgIpc) is 2.48. The van der Waals surface area contributed by atoms with Crippen molar-refractivity contribution in [2.75, 3.05) is 20.7 Å². The molecular formula is C18H30N2O3. The van der Waals surface area contributed by atoms with Gasteiger partial charge >= 0.3 is 6.03 Å². The minimum absolute atomic E-state index is 0.156. The lowest BCUT2D eigenvalue weighted by atomic mass is 9.82. The van der Waals surface area contributed by atoms with Crippen molar-refractivity contribution in [3.8, 4) is 5.75 Å². The molecule has 2 unspecified atom stereocenters. The van der Waals surface area contributed by atoms with E-state index >= 15 is 0 Å². The topological polar surface area (TPSA) is 61.8 Å². The van der Waals surface area contributed by atoms with Crippen molar-refractivity contribution >= 4 is 6.03 Å². The second-order valence-electron chi connectivity index (χ2n) is 7.05. The first-order valence-corrected chi connectivity index (χ1v) is 7.99. The van der Waals surface area contributed by atoms with Crippen LogP contribution in [0.1, 0.15) is 45.7 Å². The first kappa shape index (κ1) is 19.3. The predicted molar refractivity (Wildman–Crippen MR) is 92.6 cm³/mol. The molecule has 0 aliphatic heterocycles. The van der Waals surface area contributed by atoms with Gasteiger partial charge in [-0.3, -0.25) is 0 Å². The summed E-state index contributed by atoms with van der Waals surface area (Å²) in [5.41, 5.74) is 0.787. The van der Waals surface area contributed by atoms with Crippen LogP contribution in [0.4, 0.5) is 4.79 Å². The van der Waals surface area contributed by atoms with E-state index in [1.807, 2.05) is 24.3 Å². The molecule has 1 rings (SSSR count). The Balaban J connectivity index is 2.94. The minimum atomic E-state index is -0.419. The van der Waals surface area contributed by atoms with Crippen molar-refractivity contribution in [1.29, 1.82) is 0 Å². The number of benzene rings is 1. The highest BCUT2D eigenvalue weighted by molar-refractivity contribution is 5.74. The van der Waals surface area contributed by atoms with E-state index in [1.54, 1.807) is 26.0 Å². The quantitative estimate of drug-likeness (QED) is 0.845. The number of nitrogens with zero attached hydrogens (tertiary/aromatic N) is 1. The zero-order valence-electron chi connectivity index (χ0n) is 15.1. The molecule has 23 heavy (non-hydrogen) atoms. The molecule has 5 nitrogen and oxygen atoms in total. The third-order valence-corrected chi connectivity index (χ3v) is 3.81. The maximum absolute atomic E-state index is 12.5. The van der Waals surface area contributed by atoms with Gasteiger partial charge in [-0.25, -0.2) is 4.79 Å². The molecule has 0 aromatic heterocycles. The fourth-order valence-electron chi connectivity index (χ4n) is 2.38. The van der Waals surface area contributed by atoms with E-state index in [1.165, 1.54) is 0 Å². The summed E-state index contributed by atoms with van der Waals surface area (Å²) in [7, 11) is 3.37. The molecule has 2 N–H and O–H groups in total. The summed E-state index contributed by atoms with van der Waals surface area (Å²) in [6.07, 6.45) is 0.136. The van der Waals surface area contributed by atoms with E-state index < -0.39 is 6.10 Å². The number of ether oxygens (including phenoxy) is 1. The summed E-state index contributed by atoms with van der Waals surface area (Å²) in [5.74, 6) is 0.763. The Morgan fingerprint density at radius 3 is 2.48 bits per heavy atom. The smallest absolute Gasteiger partial charge is 0.317 e. The van der Waals surface area contributed by atoms with Gasteiger partial charge in [0.05, 0.1) is 19.3 Å². The lowest BCUT2D eigenvalue weighted by Gasteiger charge is -2.34. The van der Waals surface area contributed by atoms with Crippen molar-refractivity contribution in [3.05, 3.63) is 29.8 Å². The molecule has 2 amide bonds. The van der Waals surface area contributed by atoms with E-state index in [4.69, 9.17) is 4.74 Å². The Morgan fingerprint density at radius 2 is 1.96 bits per heavy atom. The normalized spacial score (nSPS) is 14.0. The fraction of sp³-hybridized carbons (Fsp3) is 0.611. The number of para-hydroxylation sites is 1. The van der Waals surface area contributed by atoms with E-state index in [9.17, 15) is 9.90 Å². The van der Waals surface area contributed by atoms with Crippen LogP contribution in [0, 0.1) is 5.41 Å². The van der Waals surface area contributed by atoms with Gasteiger partial charge in [-0.05, 0) is 24.8 Å². The molecule has 1 aromatic carbocycles. The lowest BCUT2D eigenvalue weighted by Crippen LogP contribution is -2.44. The maximum Gasteiger partial charge on any atom is 0.317 e. The van der Waals surface area contributed by atoms with Crippen molar-refractivity contribution in [3.63, 3.8) is 0 Å². The minimum Gasteiger partial charge on any atom is -0.496 e. The Kier molecular flexibility index (Phi) is 6.88. The molecule has 0 saturated heterocycles. The molecule has 5 heteroatoms. The number of nitrogens with one attached hydrogen (secondary N) is 1. The molecule has 0 aliphatic rings. The fourth-order valence-corrected chi connectivity index (χ4v) is 2.38. The Bertz CT molecular complexity index is 509. The molecule has 0 radical (unpaired) electrons. The van der Waals surface area contributed by atoms with E-state index in [0.717, 1.165) is 11.3 Å². The van der Waals surface area contributed by atoms with Gasteiger partial charge in [0.15, 0.2) is 0 Å². The Labute approximate surface area is 139 Å². The van der Waals surface area contributed by atoms with Crippen LogP contribution >= 0.6 is 0 Å². The van der Waals surface area contributed by atoms with Crippen molar-refractivity contribution in [2.24, 2.45) is 5.41 Å². The van der Waals surface area contributed by atoms with Crippen LogP contribution < -0.4 is 10.1 Å². The first-order valence-electron chi connectivity index (χ1n) is 7.99. The number of carbonyl (C=O) groups excluding carboxylic acids is 1. The zero-order chi connectivity index (χ0) is 17.6. The van der Waals surface area contributed by atoms with E-state index in [2.05, 4.69) is 26.1 Å². The highest BCUT2D eigenvalue weighted by Crippen LogP contribution is 2.37. The standard InChI is InChI=1S/C18H30N2O3/c1-13(21)11-12-20(5)17(22)19-16(18(2,3)4)14-9-7-8-10-15(14)23-6/h7-10,13,16,21H,11-12H2,1-6H3,(H,19,22). The summed E-state index contributed by atoms with van der Waals surface area (Å²) >= 11 is 0. The van der Waals surface area contributed by atoms with Crippen molar-refractivity contribution in [2.45, 2.75) is 46.3 Å². The number of rotatable bonds is 6. The number of urea groups is 1. The lowest BCUT2D eigenvalue weighted by molar-refractivity contribution is 0.157. The van der Waals surface area contributed by atoms with E-state index in [-0.39, 0.29) is 17.5 Å². The van der Waals surface area contributed by atoms with Gasteiger partial charge < -0.3 is 20.1 Å². The SMILES string of the molecule is COc1ccccc1C(NC(=O)N(C)CCC(C)O)C(C)(C)C. The van der Waals surface area contributed by atoms with Crippen LogP contribution in [0.15, 0.2) is 24.3 Å². The number of hydrogen-bond donors (Lipinski definition) is 2. The summed E-state index contributed by atoms with van der Waals surface area (Å²) in [6, 6.07) is 7.40. The monoisotopic (exact) mass is 322 g/mol. The number of carbonyl (C=O) groups is 1. The van der Waals surface area contributed by atoms with Gasteiger partial charge in [-0.15, -0.1) is 0 Å². The molecule has 0 bridgehead atoms. The van der Waals surface area contributed by atoms with Crippen LogP contribution in [-0.2, 0) is 0 Å². The van der Waals surface area contributed by atoms with Crippen LogP contribution in [0.5, 0.6) is 5.75 Å². The molecule has 0 fully saturated rings. The zero-order valence-corrected chi connectivity index (χ0v) is 15.1. The number of aliphatic hydroxyl groups excluding tert-OH is 1. The van der Waals surface area contributed by atoms with Crippen molar-refractivity contribution < 1.29 is 14.6 Å².